The van der Waals surface area contributed by atoms with Gasteiger partial charge in [-0.3, -0.25) is 4.79 Å². The normalized spacial score (nSPS) is 15.6. The van der Waals surface area contributed by atoms with E-state index in [1.165, 1.54) is 23.1 Å². The summed E-state index contributed by atoms with van der Waals surface area (Å²) in [4.78, 5) is 13.3. The van der Waals surface area contributed by atoms with E-state index in [1.807, 2.05) is 0 Å². The van der Waals surface area contributed by atoms with Crippen molar-refractivity contribution >= 4 is 34.1 Å². The lowest BCUT2D eigenvalue weighted by Gasteiger charge is -2.23. The van der Waals surface area contributed by atoms with Gasteiger partial charge in [0.05, 0.1) is 25.5 Å². The first kappa shape index (κ1) is 19.4. The molecule has 1 amide bonds. The van der Waals surface area contributed by atoms with E-state index in [1.54, 1.807) is 4.90 Å². The number of hydrogen-bond acceptors (Lipinski definition) is 7. The highest BCUT2D eigenvalue weighted by Crippen LogP contribution is 2.25. The molecule has 136 valence electrons. The van der Waals surface area contributed by atoms with Crippen molar-refractivity contribution in [2.45, 2.75) is 24.6 Å². The third kappa shape index (κ3) is 7.78. The third-order valence-electron chi connectivity index (χ3n) is 3.62. The zero-order chi connectivity index (χ0) is 17.2. The predicted molar refractivity (Wildman–Crippen MR) is 98.0 cm³/mol. The van der Waals surface area contributed by atoms with Crippen LogP contribution in [0, 0.1) is 5.92 Å². The van der Waals surface area contributed by atoms with Gasteiger partial charge in [-0.15, -0.1) is 10.2 Å². The Balaban J connectivity index is 1.57. The molecule has 1 aliphatic heterocycles. The first-order valence-corrected chi connectivity index (χ1v) is 10.3. The number of morpholine rings is 1. The highest BCUT2D eigenvalue weighted by atomic mass is 32.2. The van der Waals surface area contributed by atoms with E-state index in [9.17, 15) is 4.79 Å². The number of quaternary nitrogens is 1. The van der Waals surface area contributed by atoms with Gasteiger partial charge in [0.2, 0.25) is 11.0 Å². The molecule has 1 aliphatic rings. The van der Waals surface area contributed by atoms with Crippen molar-refractivity contribution in [3.63, 3.8) is 0 Å². The molecule has 7 nitrogen and oxygen atoms in total. The van der Waals surface area contributed by atoms with Crippen molar-refractivity contribution in [3.05, 3.63) is 0 Å². The number of carbonyl (C=O) groups excluding carboxylic acids is 1. The predicted octanol–water partition coefficient (Wildman–Crippen LogP) is 0.120. The van der Waals surface area contributed by atoms with E-state index in [0.29, 0.717) is 18.2 Å². The smallest absolute Gasteiger partial charge is 0.230 e. The molecule has 1 saturated heterocycles. The number of aromatic nitrogens is 2. The van der Waals surface area contributed by atoms with Gasteiger partial charge in [0.15, 0.2) is 4.34 Å². The highest BCUT2D eigenvalue weighted by molar-refractivity contribution is 8.01. The summed E-state index contributed by atoms with van der Waals surface area (Å²) in [6.07, 6.45) is 1.11. The molecule has 0 saturated carbocycles. The van der Waals surface area contributed by atoms with E-state index in [4.69, 9.17) is 4.74 Å². The number of rotatable bonds is 10. The molecule has 1 aromatic rings. The minimum absolute atomic E-state index is 0.0481. The summed E-state index contributed by atoms with van der Waals surface area (Å²) >= 11 is 2.95. The number of thioether (sulfide) groups is 1. The SMILES string of the molecule is CC(C)CNC(=O)CSc1nnc(NCCC[NH+]2CCOCC2)s1. The van der Waals surface area contributed by atoms with Crippen molar-refractivity contribution in [2.24, 2.45) is 5.92 Å². The summed E-state index contributed by atoms with van der Waals surface area (Å²) in [5.41, 5.74) is 0. The fourth-order valence-corrected chi connectivity index (χ4v) is 3.89. The quantitative estimate of drug-likeness (QED) is 0.399. The van der Waals surface area contributed by atoms with E-state index in [2.05, 4.69) is 34.7 Å². The summed E-state index contributed by atoms with van der Waals surface area (Å²) < 4.78 is 6.19. The Bertz CT molecular complexity index is 492. The monoisotopic (exact) mass is 374 g/mol. The number of hydrogen-bond donors (Lipinski definition) is 3. The van der Waals surface area contributed by atoms with Gasteiger partial charge >= 0.3 is 0 Å². The molecule has 0 radical (unpaired) electrons. The highest BCUT2D eigenvalue weighted by Gasteiger charge is 2.13. The zero-order valence-electron chi connectivity index (χ0n) is 14.5. The van der Waals surface area contributed by atoms with Crippen LogP contribution in [0.15, 0.2) is 4.34 Å². The van der Waals surface area contributed by atoms with Crippen molar-refractivity contribution in [3.8, 4) is 0 Å². The van der Waals surface area contributed by atoms with Crippen molar-refractivity contribution < 1.29 is 14.4 Å². The Hall–Kier alpha value is -0.900. The lowest BCUT2D eigenvalue weighted by Crippen LogP contribution is -3.14. The van der Waals surface area contributed by atoms with E-state index < -0.39 is 0 Å². The maximum Gasteiger partial charge on any atom is 0.230 e. The Morgan fingerprint density at radius 1 is 1.38 bits per heavy atom. The molecule has 0 aliphatic carbocycles. The van der Waals surface area contributed by atoms with Gasteiger partial charge in [-0.2, -0.15) is 0 Å². The first-order valence-electron chi connectivity index (χ1n) is 8.51. The minimum atomic E-state index is 0.0481. The van der Waals surface area contributed by atoms with Crippen LogP contribution in [0.25, 0.3) is 0 Å². The molecular weight excluding hydrogens is 346 g/mol. The Morgan fingerprint density at radius 2 is 2.17 bits per heavy atom. The number of anilines is 1. The number of carbonyl (C=O) groups is 1. The van der Waals surface area contributed by atoms with Crippen LogP contribution in [0.4, 0.5) is 5.13 Å². The Labute approximate surface area is 151 Å². The topological polar surface area (TPSA) is 80.6 Å². The second-order valence-electron chi connectivity index (χ2n) is 6.25. The van der Waals surface area contributed by atoms with Gasteiger partial charge in [-0.05, 0) is 5.92 Å². The van der Waals surface area contributed by atoms with E-state index in [-0.39, 0.29) is 5.91 Å². The lowest BCUT2D eigenvalue weighted by molar-refractivity contribution is -0.908. The van der Waals surface area contributed by atoms with Crippen LogP contribution >= 0.6 is 23.1 Å². The second-order valence-corrected chi connectivity index (χ2v) is 8.45. The van der Waals surface area contributed by atoms with Gasteiger partial charge in [-0.25, -0.2) is 0 Å². The van der Waals surface area contributed by atoms with Gasteiger partial charge < -0.3 is 20.3 Å². The average Bonchev–Trinajstić information content (AvgIpc) is 3.04. The molecule has 24 heavy (non-hydrogen) atoms. The molecule has 3 N–H and O–H groups in total. The number of nitrogens with zero attached hydrogens (tertiary/aromatic N) is 2. The molecule has 2 rings (SSSR count). The third-order valence-corrected chi connectivity index (χ3v) is 5.64. The van der Waals surface area contributed by atoms with Crippen LogP contribution in [-0.4, -0.2) is 67.8 Å². The molecule has 0 bridgehead atoms. The van der Waals surface area contributed by atoms with Gasteiger partial charge in [0.1, 0.15) is 13.1 Å². The molecule has 0 unspecified atom stereocenters. The van der Waals surface area contributed by atoms with Crippen LogP contribution in [0.3, 0.4) is 0 Å². The van der Waals surface area contributed by atoms with Gasteiger partial charge in [-0.1, -0.05) is 36.9 Å². The first-order chi connectivity index (χ1) is 11.6. The van der Waals surface area contributed by atoms with Gasteiger partial charge in [0, 0.05) is 19.5 Å². The standard InChI is InChI=1S/C15H27N5O2S2/c1-12(2)10-17-13(21)11-23-15-19-18-14(24-15)16-4-3-5-20-6-8-22-9-7-20/h12H,3-11H2,1-2H3,(H,16,18)(H,17,21)/p+1. The average molecular weight is 375 g/mol. The summed E-state index contributed by atoms with van der Waals surface area (Å²) in [6.45, 7) is 10.9. The van der Waals surface area contributed by atoms with Crippen molar-refractivity contribution in [2.75, 3.05) is 57.0 Å². The van der Waals surface area contributed by atoms with Crippen LogP contribution in [0.1, 0.15) is 20.3 Å². The van der Waals surface area contributed by atoms with Gasteiger partial charge in [0.25, 0.3) is 0 Å². The molecule has 1 aromatic heterocycles. The maximum atomic E-state index is 11.7. The second kappa shape index (κ2) is 10.9. The summed E-state index contributed by atoms with van der Waals surface area (Å²) in [6, 6.07) is 0. The zero-order valence-corrected chi connectivity index (χ0v) is 16.1. The molecule has 0 atom stereocenters. The summed E-state index contributed by atoms with van der Waals surface area (Å²) in [7, 11) is 0. The van der Waals surface area contributed by atoms with Crippen LogP contribution in [0.5, 0.6) is 0 Å². The van der Waals surface area contributed by atoms with Crippen LogP contribution in [-0.2, 0) is 9.53 Å². The molecular formula is C15H28N5O2S2+. The van der Waals surface area contributed by atoms with E-state index in [0.717, 1.165) is 55.3 Å². The summed E-state index contributed by atoms with van der Waals surface area (Å²) in [5, 5.41) is 15.3. The van der Waals surface area contributed by atoms with Crippen LogP contribution in [0.2, 0.25) is 0 Å². The Kier molecular flexibility index (Phi) is 8.79. The fourth-order valence-electron chi connectivity index (χ4n) is 2.28. The van der Waals surface area contributed by atoms with E-state index >= 15 is 0 Å². The fraction of sp³-hybridized carbons (Fsp3) is 0.800. The minimum Gasteiger partial charge on any atom is -0.370 e. The van der Waals surface area contributed by atoms with Crippen molar-refractivity contribution in [1.29, 1.82) is 0 Å². The molecule has 0 aromatic carbocycles. The van der Waals surface area contributed by atoms with Crippen molar-refractivity contribution in [1.82, 2.24) is 15.5 Å². The number of ether oxygens (including phenoxy) is 1. The molecule has 1 fully saturated rings. The molecule has 2 heterocycles. The molecule has 0 spiro atoms. The number of nitrogens with one attached hydrogen (secondary N) is 3. The Morgan fingerprint density at radius 3 is 2.92 bits per heavy atom. The number of amides is 1. The summed E-state index contributed by atoms with van der Waals surface area (Å²) in [5.74, 6) is 0.907. The maximum absolute atomic E-state index is 11.7. The largest absolute Gasteiger partial charge is 0.370 e. The lowest BCUT2D eigenvalue weighted by atomic mass is 10.2. The van der Waals surface area contributed by atoms with Crippen LogP contribution < -0.4 is 15.5 Å². The molecule has 9 heteroatoms.